The van der Waals surface area contributed by atoms with E-state index in [0.29, 0.717) is 6.54 Å². The summed E-state index contributed by atoms with van der Waals surface area (Å²) in [6.07, 6.45) is 4.05. The van der Waals surface area contributed by atoms with Crippen LogP contribution in [0.15, 0.2) is 0 Å². The second-order valence-corrected chi connectivity index (χ2v) is 3.90. The van der Waals surface area contributed by atoms with Gasteiger partial charge < -0.3 is 10.5 Å². The first-order chi connectivity index (χ1) is 7.63. The average molecular weight is 227 g/mol. The van der Waals surface area contributed by atoms with Crippen LogP contribution >= 0.6 is 0 Å². The van der Waals surface area contributed by atoms with Crippen molar-refractivity contribution >= 4 is 18.2 Å². The predicted molar refractivity (Wildman–Crippen MR) is 57.6 cm³/mol. The van der Waals surface area contributed by atoms with E-state index in [2.05, 4.69) is 0 Å². The van der Waals surface area contributed by atoms with Gasteiger partial charge in [-0.05, 0) is 19.4 Å². The number of aldehydes is 1. The molecular formula is C10H17N3O3. The molecule has 0 aromatic heterocycles. The Bertz CT molecular complexity index is 280. The third-order valence-corrected chi connectivity index (χ3v) is 2.71. The number of rotatable bonds is 4. The van der Waals surface area contributed by atoms with Crippen LogP contribution < -0.4 is 11.1 Å². The summed E-state index contributed by atoms with van der Waals surface area (Å²) < 4.78 is 0. The molecule has 1 heterocycles. The largest absolute Gasteiger partial charge is 0.351 e. The Kier molecular flexibility index (Phi) is 4.91. The van der Waals surface area contributed by atoms with Crippen molar-refractivity contribution < 1.29 is 14.4 Å². The van der Waals surface area contributed by atoms with Gasteiger partial charge in [0.2, 0.25) is 5.91 Å². The zero-order valence-electron chi connectivity index (χ0n) is 9.15. The first-order valence-corrected chi connectivity index (χ1v) is 5.42. The number of primary amides is 1. The summed E-state index contributed by atoms with van der Waals surface area (Å²) >= 11 is 0. The maximum absolute atomic E-state index is 11.2. The monoisotopic (exact) mass is 227 g/mol. The van der Waals surface area contributed by atoms with Gasteiger partial charge >= 0.3 is 6.03 Å². The smallest absolute Gasteiger partial charge is 0.318 e. The van der Waals surface area contributed by atoms with Crippen molar-refractivity contribution in [3.05, 3.63) is 0 Å². The van der Waals surface area contributed by atoms with Gasteiger partial charge in [0, 0.05) is 13.0 Å². The minimum Gasteiger partial charge on any atom is -0.351 e. The lowest BCUT2D eigenvalue weighted by molar-refractivity contribution is -0.121. The molecule has 0 aromatic rings. The number of piperidine rings is 1. The number of likely N-dealkylation sites (tertiary alicyclic amines) is 1. The highest BCUT2D eigenvalue weighted by Gasteiger charge is 2.21. The number of hydrogen-bond acceptors (Lipinski definition) is 4. The molecule has 0 aromatic carbocycles. The fourth-order valence-corrected chi connectivity index (χ4v) is 1.89. The van der Waals surface area contributed by atoms with Gasteiger partial charge in [0.25, 0.3) is 0 Å². The highest BCUT2D eigenvalue weighted by Crippen LogP contribution is 2.15. The van der Waals surface area contributed by atoms with Crippen LogP contribution in [-0.2, 0) is 9.59 Å². The lowest BCUT2D eigenvalue weighted by Gasteiger charge is -2.31. The summed E-state index contributed by atoms with van der Waals surface area (Å²) in [5, 5.41) is 2.00. The van der Waals surface area contributed by atoms with Crippen LogP contribution in [0.1, 0.15) is 25.7 Å². The van der Waals surface area contributed by atoms with Gasteiger partial charge in [0.05, 0.1) is 6.04 Å². The summed E-state index contributed by atoms with van der Waals surface area (Å²) in [5.74, 6) is -0.400. The lowest BCUT2D eigenvalue weighted by atomic mass is 10.0. The minimum absolute atomic E-state index is 0.0878. The number of nitrogens with two attached hydrogens (primary N) is 1. The molecule has 3 amide bonds. The van der Waals surface area contributed by atoms with E-state index < -0.39 is 11.9 Å². The van der Waals surface area contributed by atoms with E-state index in [4.69, 9.17) is 5.73 Å². The van der Waals surface area contributed by atoms with Gasteiger partial charge in [-0.25, -0.2) is 4.79 Å². The quantitative estimate of drug-likeness (QED) is 0.640. The SMILES string of the molecule is NC(=O)NC(=O)CCN1CCCCC1C=O. The molecule has 1 fully saturated rings. The number of nitrogens with zero attached hydrogens (tertiary/aromatic N) is 1. The fraction of sp³-hybridized carbons (Fsp3) is 0.700. The molecule has 90 valence electrons. The molecule has 3 N–H and O–H groups in total. The standard InChI is InChI=1S/C10H17N3O3/c11-10(16)12-9(15)4-6-13-5-2-1-3-8(13)7-14/h7-8H,1-6H2,(H3,11,12,15,16). The van der Waals surface area contributed by atoms with E-state index in [0.717, 1.165) is 32.1 Å². The Morgan fingerprint density at radius 2 is 2.19 bits per heavy atom. The summed E-state index contributed by atoms with van der Waals surface area (Å²) in [7, 11) is 0. The summed E-state index contributed by atoms with van der Waals surface area (Å²) in [4.78, 5) is 34.3. The third-order valence-electron chi connectivity index (χ3n) is 2.71. The van der Waals surface area contributed by atoms with Gasteiger partial charge in [-0.3, -0.25) is 15.0 Å². The van der Waals surface area contributed by atoms with Crippen molar-refractivity contribution in [3.8, 4) is 0 Å². The second-order valence-electron chi connectivity index (χ2n) is 3.90. The molecular weight excluding hydrogens is 210 g/mol. The van der Waals surface area contributed by atoms with Crippen molar-refractivity contribution in [3.63, 3.8) is 0 Å². The van der Waals surface area contributed by atoms with E-state index in [9.17, 15) is 14.4 Å². The van der Waals surface area contributed by atoms with Gasteiger partial charge in [0.1, 0.15) is 6.29 Å². The van der Waals surface area contributed by atoms with Crippen LogP contribution in [0.25, 0.3) is 0 Å². The molecule has 1 aliphatic heterocycles. The number of carbonyl (C=O) groups is 3. The summed E-state index contributed by atoms with van der Waals surface area (Å²) in [6, 6.07) is -0.925. The molecule has 1 aliphatic rings. The molecule has 0 radical (unpaired) electrons. The maximum atomic E-state index is 11.2. The fourth-order valence-electron chi connectivity index (χ4n) is 1.89. The Morgan fingerprint density at radius 3 is 2.81 bits per heavy atom. The molecule has 0 bridgehead atoms. The molecule has 1 rings (SSSR count). The normalized spacial score (nSPS) is 21.4. The van der Waals surface area contributed by atoms with E-state index in [-0.39, 0.29) is 12.5 Å². The highest BCUT2D eigenvalue weighted by molar-refractivity contribution is 5.93. The van der Waals surface area contributed by atoms with E-state index in [1.165, 1.54) is 0 Å². The number of hydrogen-bond donors (Lipinski definition) is 2. The minimum atomic E-state index is -0.837. The van der Waals surface area contributed by atoms with Gasteiger partial charge in [0.15, 0.2) is 0 Å². The van der Waals surface area contributed by atoms with Crippen molar-refractivity contribution in [1.29, 1.82) is 0 Å². The zero-order valence-corrected chi connectivity index (χ0v) is 9.15. The van der Waals surface area contributed by atoms with Crippen molar-refractivity contribution in [2.45, 2.75) is 31.7 Å². The van der Waals surface area contributed by atoms with Gasteiger partial charge in [-0.1, -0.05) is 6.42 Å². The molecule has 1 atom stereocenters. The number of carbonyl (C=O) groups excluding carboxylic acids is 3. The van der Waals surface area contributed by atoms with Crippen LogP contribution in [0.3, 0.4) is 0 Å². The van der Waals surface area contributed by atoms with Crippen molar-refractivity contribution in [2.24, 2.45) is 5.73 Å². The average Bonchev–Trinajstić information content (AvgIpc) is 2.26. The molecule has 6 nitrogen and oxygen atoms in total. The second kappa shape index (κ2) is 6.22. The van der Waals surface area contributed by atoms with E-state index >= 15 is 0 Å². The number of nitrogens with one attached hydrogen (secondary N) is 1. The van der Waals surface area contributed by atoms with Gasteiger partial charge in [-0.2, -0.15) is 0 Å². The molecule has 0 aliphatic carbocycles. The van der Waals surface area contributed by atoms with Crippen molar-refractivity contribution in [2.75, 3.05) is 13.1 Å². The number of urea groups is 1. The topological polar surface area (TPSA) is 92.5 Å². The van der Waals surface area contributed by atoms with Crippen LogP contribution in [0.4, 0.5) is 4.79 Å². The molecule has 1 saturated heterocycles. The summed E-state index contributed by atoms with van der Waals surface area (Å²) in [6.45, 7) is 1.32. The summed E-state index contributed by atoms with van der Waals surface area (Å²) in [5.41, 5.74) is 4.81. The molecule has 0 saturated carbocycles. The van der Waals surface area contributed by atoms with E-state index in [1.54, 1.807) is 0 Å². The number of amides is 3. The van der Waals surface area contributed by atoms with Crippen LogP contribution in [0, 0.1) is 0 Å². The maximum Gasteiger partial charge on any atom is 0.318 e. The Balaban J connectivity index is 2.32. The third kappa shape index (κ3) is 3.98. The molecule has 6 heteroatoms. The lowest BCUT2D eigenvalue weighted by Crippen LogP contribution is -2.43. The Hall–Kier alpha value is -1.43. The predicted octanol–water partition coefficient (Wildman–Crippen LogP) is -0.375. The zero-order chi connectivity index (χ0) is 12.0. The van der Waals surface area contributed by atoms with Gasteiger partial charge in [-0.15, -0.1) is 0 Å². The first kappa shape index (κ1) is 12.6. The van der Waals surface area contributed by atoms with Crippen LogP contribution in [0.5, 0.6) is 0 Å². The number of imide groups is 1. The Labute approximate surface area is 94.2 Å². The molecule has 0 spiro atoms. The molecule has 1 unspecified atom stereocenters. The van der Waals surface area contributed by atoms with Crippen LogP contribution in [-0.4, -0.2) is 42.3 Å². The van der Waals surface area contributed by atoms with Crippen molar-refractivity contribution in [1.82, 2.24) is 10.2 Å². The Morgan fingerprint density at radius 1 is 1.44 bits per heavy atom. The first-order valence-electron chi connectivity index (χ1n) is 5.42. The molecule has 16 heavy (non-hydrogen) atoms. The van der Waals surface area contributed by atoms with E-state index in [1.807, 2.05) is 10.2 Å². The van der Waals surface area contributed by atoms with Crippen LogP contribution in [0.2, 0.25) is 0 Å². The highest BCUT2D eigenvalue weighted by atomic mass is 16.2.